The number of halogens is 2. The Labute approximate surface area is 231 Å². The number of carbonyl (C=O) groups is 1. The van der Waals surface area contributed by atoms with Gasteiger partial charge in [0.1, 0.15) is 35.6 Å². The van der Waals surface area contributed by atoms with Gasteiger partial charge in [-0.3, -0.25) is 9.69 Å². The number of amides is 1. The summed E-state index contributed by atoms with van der Waals surface area (Å²) in [6.07, 6.45) is -1.41. The van der Waals surface area contributed by atoms with Gasteiger partial charge in [-0.2, -0.15) is 0 Å². The first kappa shape index (κ1) is 31.4. The fraction of sp³-hybridized carbons (Fsp3) is 0.840. The van der Waals surface area contributed by atoms with E-state index in [4.69, 9.17) is 25.2 Å². The van der Waals surface area contributed by atoms with Crippen LogP contribution in [0.25, 0.3) is 0 Å². The molecule has 13 heteroatoms. The lowest BCUT2D eigenvalue weighted by atomic mass is 9.92. The first-order valence-corrected chi connectivity index (χ1v) is 14.8. The molecule has 2 aliphatic heterocycles. The molecule has 4 N–H and O–H groups in total. The van der Waals surface area contributed by atoms with Crippen molar-refractivity contribution in [3.05, 3.63) is 22.1 Å². The van der Waals surface area contributed by atoms with Crippen molar-refractivity contribution in [1.82, 2.24) is 10.2 Å². The highest BCUT2D eigenvalue weighted by Crippen LogP contribution is 2.32. The number of aryl methyl sites for hydroxylation is 1. The Bertz CT molecular complexity index is 960. The van der Waals surface area contributed by atoms with Gasteiger partial charge in [-0.25, -0.2) is 9.18 Å². The van der Waals surface area contributed by atoms with Crippen LogP contribution < -0.4 is 11.1 Å². The third-order valence-electron chi connectivity index (χ3n) is 7.57. The van der Waals surface area contributed by atoms with Crippen LogP contribution in [0.3, 0.4) is 0 Å². The van der Waals surface area contributed by atoms with Crippen molar-refractivity contribution in [3.63, 3.8) is 0 Å². The molecule has 1 amide bonds. The van der Waals surface area contributed by atoms with Crippen molar-refractivity contribution in [3.8, 4) is 0 Å². The quantitative estimate of drug-likeness (QED) is 0.302. The summed E-state index contributed by atoms with van der Waals surface area (Å²) in [6, 6.07) is -1.51. The van der Waals surface area contributed by atoms with Gasteiger partial charge in [-0.15, -0.1) is 23.4 Å². The first-order chi connectivity index (χ1) is 17.9. The summed E-state index contributed by atoms with van der Waals surface area (Å²) in [5, 5.41) is 33.5. The van der Waals surface area contributed by atoms with Crippen molar-refractivity contribution in [1.29, 1.82) is 0 Å². The molecule has 38 heavy (non-hydrogen) atoms. The van der Waals surface area contributed by atoms with Crippen molar-refractivity contribution in [2.45, 2.75) is 113 Å². The first-order valence-electron chi connectivity index (χ1n) is 13.1. The number of aliphatic hydroxyl groups is 3. The number of likely N-dealkylation sites (tertiary alicyclic amines) is 1. The molecule has 1 aromatic heterocycles. The van der Waals surface area contributed by atoms with Crippen LogP contribution in [0.2, 0.25) is 0 Å². The highest BCUT2D eigenvalue weighted by Gasteiger charge is 2.48. The zero-order chi connectivity index (χ0) is 28.1. The van der Waals surface area contributed by atoms with Gasteiger partial charge in [0.05, 0.1) is 30.2 Å². The van der Waals surface area contributed by atoms with Gasteiger partial charge in [-0.05, 0) is 71.6 Å². The second-order valence-electron chi connectivity index (χ2n) is 10.4. The van der Waals surface area contributed by atoms with Gasteiger partial charge in [0.25, 0.3) is 0 Å². The number of rotatable bonds is 10. The van der Waals surface area contributed by atoms with E-state index in [1.54, 1.807) is 20.1 Å². The standard InChI is InChI=1S/C25H40ClFN2O8S/c1-12(27)5-6-15-7-8-16(29(10-9-15)11-17-14(3)35-25(34)36-17)23(33)28-18(13(2)26)22-20(31)19(30)21(32)24(37-22)38-4/h12-13,15-16,18-22,24,30-32H,5-11H2,1-4H3,(H,28,33)/t12?,13-,15-,16-,18+,19-,20+,21+,22+,24+/m0/s1. The number of thioether (sulfide) groups is 1. The number of carbonyl (C=O) groups excluding carboxylic acids is 1. The van der Waals surface area contributed by atoms with Gasteiger partial charge < -0.3 is 34.2 Å². The zero-order valence-electron chi connectivity index (χ0n) is 22.2. The molecule has 1 unspecified atom stereocenters. The van der Waals surface area contributed by atoms with Crippen LogP contribution in [0, 0.1) is 12.8 Å². The third-order valence-corrected chi connectivity index (χ3v) is 8.69. The van der Waals surface area contributed by atoms with Gasteiger partial charge >= 0.3 is 5.82 Å². The molecule has 10 nitrogen and oxygen atoms in total. The molecule has 0 aliphatic carbocycles. The summed E-state index contributed by atoms with van der Waals surface area (Å²) < 4.78 is 29.6. The third kappa shape index (κ3) is 7.74. The number of nitrogens with one attached hydrogen (secondary N) is 1. The Morgan fingerprint density at radius 2 is 1.89 bits per heavy atom. The number of ether oxygens (including phenoxy) is 1. The van der Waals surface area contributed by atoms with E-state index in [1.807, 2.05) is 4.90 Å². The lowest BCUT2D eigenvalue weighted by molar-refractivity contribution is -0.205. The smallest absolute Gasteiger partial charge is 0.396 e. The summed E-state index contributed by atoms with van der Waals surface area (Å²) in [7, 11) is 0. The van der Waals surface area contributed by atoms with Crippen molar-refractivity contribution in [2.75, 3.05) is 12.8 Å². The molecule has 0 aromatic carbocycles. The van der Waals surface area contributed by atoms with E-state index in [0.717, 1.165) is 6.42 Å². The fourth-order valence-corrected chi connectivity index (χ4v) is 6.14. The summed E-state index contributed by atoms with van der Waals surface area (Å²) in [5.41, 5.74) is -0.812. The summed E-state index contributed by atoms with van der Waals surface area (Å²) in [5.74, 6) is -0.273. The summed E-state index contributed by atoms with van der Waals surface area (Å²) in [6.45, 7) is 5.49. The molecule has 218 valence electrons. The molecule has 1 aromatic rings. The molecular formula is C25H40ClFN2O8S. The monoisotopic (exact) mass is 582 g/mol. The second-order valence-corrected chi connectivity index (χ2v) is 12.0. The Kier molecular flexibility index (Phi) is 11.5. The van der Waals surface area contributed by atoms with Crippen molar-refractivity contribution in [2.24, 2.45) is 5.92 Å². The number of nitrogens with zero attached hydrogens (tertiary/aromatic N) is 1. The van der Waals surface area contributed by atoms with Gasteiger partial charge in [-0.1, -0.05) is 0 Å². The predicted octanol–water partition coefficient (Wildman–Crippen LogP) is 1.93. The zero-order valence-corrected chi connectivity index (χ0v) is 23.8. The van der Waals surface area contributed by atoms with Crippen LogP contribution in [-0.4, -0.2) is 92.4 Å². The van der Waals surface area contributed by atoms with Crippen molar-refractivity contribution >= 4 is 29.3 Å². The highest BCUT2D eigenvalue weighted by atomic mass is 35.5. The Morgan fingerprint density at radius 3 is 2.47 bits per heavy atom. The molecule has 3 heterocycles. The van der Waals surface area contributed by atoms with Crippen LogP contribution in [0.15, 0.2) is 13.6 Å². The Balaban J connectivity index is 1.81. The number of alkyl halides is 2. The lowest BCUT2D eigenvalue weighted by Crippen LogP contribution is -2.65. The van der Waals surface area contributed by atoms with E-state index in [-0.39, 0.29) is 18.4 Å². The van der Waals surface area contributed by atoms with Crippen LogP contribution in [0.4, 0.5) is 4.39 Å². The van der Waals surface area contributed by atoms with Gasteiger partial charge in [0.2, 0.25) is 5.91 Å². The molecule has 0 radical (unpaired) electrons. The number of hydrogen-bond donors (Lipinski definition) is 4. The van der Waals surface area contributed by atoms with E-state index in [2.05, 4.69) is 5.32 Å². The van der Waals surface area contributed by atoms with E-state index < -0.39 is 59.3 Å². The minimum Gasteiger partial charge on any atom is -0.396 e. The van der Waals surface area contributed by atoms with Crippen LogP contribution in [0.1, 0.15) is 57.5 Å². The average Bonchev–Trinajstić information content (AvgIpc) is 3.04. The summed E-state index contributed by atoms with van der Waals surface area (Å²) >= 11 is 7.62. The minimum absolute atomic E-state index is 0.172. The Hall–Kier alpha value is -1.15. The van der Waals surface area contributed by atoms with E-state index in [0.29, 0.717) is 43.7 Å². The van der Waals surface area contributed by atoms with Crippen LogP contribution in [-0.2, 0) is 16.1 Å². The molecule has 0 saturated carbocycles. The molecule has 0 spiro atoms. The largest absolute Gasteiger partial charge is 0.519 e. The highest BCUT2D eigenvalue weighted by molar-refractivity contribution is 7.99. The maximum absolute atomic E-state index is 13.7. The Morgan fingerprint density at radius 1 is 1.18 bits per heavy atom. The van der Waals surface area contributed by atoms with E-state index in [9.17, 15) is 29.3 Å². The lowest BCUT2D eigenvalue weighted by Gasteiger charge is -2.44. The van der Waals surface area contributed by atoms with Gasteiger partial charge in [0.15, 0.2) is 5.76 Å². The maximum atomic E-state index is 13.7. The SMILES string of the molecule is CS[C@H]1O[C@H]([C@H](NC(=O)[C@@H]2CC[C@H](CCC(C)F)CCN2Cc2oc(=O)oc2C)[C@H](C)Cl)[C@H](O)[C@H](O)[C@H]1O. The second kappa shape index (κ2) is 14.0. The van der Waals surface area contributed by atoms with Gasteiger partial charge in [0, 0.05) is 0 Å². The summed E-state index contributed by atoms with van der Waals surface area (Å²) in [4.78, 5) is 27.2. The van der Waals surface area contributed by atoms with Crippen LogP contribution >= 0.6 is 23.4 Å². The number of hydrogen-bond acceptors (Lipinski definition) is 10. The van der Waals surface area contributed by atoms with Crippen LogP contribution in [0.5, 0.6) is 0 Å². The minimum atomic E-state index is -1.47. The molecular weight excluding hydrogens is 543 g/mol. The molecule has 0 bridgehead atoms. The average molecular weight is 583 g/mol. The molecule has 3 rings (SSSR count). The molecule has 10 atom stereocenters. The normalized spacial score (nSPS) is 33.3. The topological polar surface area (TPSA) is 146 Å². The van der Waals surface area contributed by atoms with E-state index >= 15 is 0 Å². The predicted molar refractivity (Wildman–Crippen MR) is 141 cm³/mol. The molecule has 2 saturated heterocycles. The van der Waals surface area contributed by atoms with Crippen molar-refractivity contribution < 1.29 is 38.1 Å². The number of aliphatic hydroxyl groups excluding tert-OH is 3. The fourth-order valence-electron chi connectivity index (χ4n) is 5.25. The molecule has 2 aliphatic rings. The maximum Gasteiger partial charge on any atom is 0.519 e. The van der Waals surface area contributed by atoms with E-state index in [1.165, 1.54) is 18.7 Å². The molecule has 2 fully saturated rings.